The van der Waals surface area contributed by atoms with E-state index >= 15 is 0 Å². The van der Waals surface area contributed by atoms with Crippen LogP contribution in [0.15, 0.2) is 45.3 Å². The van der Waals surface area contributed by atoms with Gasteiger partial charge in [0.15, 0.2) is 0 Å². The first-order valence-corrected chi connectivity index (χ1v) is 11.7. The van der Waals surface area contributed by atoms with Gasteiger partial charge in [-0.25, -0.2) is 0 Å². The van der Waals surface area contributed by atoms with Gasteiger partial charge >= 0.3 is 11.9 Å². The number of hydrogen-bond acceptors (Lipinski definition) is 3. The highest BCUT2D eigenvalue weighted by atomic mass is 79.9. The van der Waals surface area contributed by atoms with Crippen molar-refractivity contribution in [1.29, 1.82) is 0 Å². The number of carbonyl (C=O) groups is 2. The average Bonchev–Trinajstić information content (AvgIpc) is 3.01. The van der Waals surface area contributed by atoms with Crippen molar-refractivity contribution in [1.82, 2.24) is 0 Å². The second-order valence-corrected chi connectivity index (χ2v) is 10.3. The maximum absolute atomic E-state index is 12.7. The SMILES string of the molecule is O=C1OC(=O)[C@H]2[C@@H]1[C@@H]1CCc3ccc(Br)cc3C1=C1c3cc(Br)ccc3CC[C@H]12. The Labute approximate surface area is 185 Å². The van der Waals surface area contributed by atoms with Crippen molar-refractivity contribution < 1.29 is 14.3 Å². The lowest BCUT2D eigenvalue weighted by atomic mass is 9.56. The molecule has 2 aromatic carbocycles. The molecule has 146 valence electrons. The molecule has 0 bridgehead atoms. The number of benzene rings is 2. The number of ether oxygens (including phenoxy) is 1. The molecule has 0 unspecified atom stereocenters. The third kappa shape index (κ3) is 2.53. The van der Waals surface area contributed by atoms with Crippen molar-refractivity contribution >= 4 is 54.9 Å². The zero-order valence-electron chi connectivity index (χ0n) is 15.6. The standard InChI is InChI=1S/C24H18Br2O3/c25-13-5-1-11-3-7-15-19(17(11)9-13)20-16(22-21(15)23(27)29-24(22)28)8-4-12-2-6-14(26)10-18(12)20/h1-2,5-6,9-10,15-16,21-22H,3-4,7-8H2/t15-,16-,21-,22+/m1/s1. The third-order valence-corrected chi connectivity index (χ3v) is 8.19. The Morgan fingerprint density at radius 3 is 1.62 bits per heavy atom. The Kier molecular flexibility index (Phi) is 3.98. The van der Waals surface area contributed by atoms with E-state index in [1.165, 1.54) is 33.4 Å². The molecular weight excluding hydrogens is 496 g/mol. The van der Waals surface area contributed by atoms with E-state index in [0.29, 0.717) is 0 Å². The molecule has 0 amide bonds. The van der Waals surface area contributed by atoms with E-state index in [2.05, 4.69) is 68.3 Å². The van der Waals surface area contributed by atoms with Crippen LogP contribution in [0, 0.1) is 23.7 Å². The van der Waals surface area contributed by atoms with Crippen LogP contribution < -0.4 is 0 Å². The molecule has 4 aliphatic rings. The van der Waals surface area contributed by atoms with Crippen LogP contribution in [0.3, 0.4) is 0 Å². The zero-order chi connectivity index (χ0) is 19.9. The van der Waals surface area contributed by atoms with Crippen LogP contribution in [0.2, 0.25) is 0 Å². The highest BCUT2D eigenvalue weighted by Crippen LogP contribution is 2.59. The van der Waals surface area contributed by atoms with Gasteiger partial charge in [0.1, 0.15) is 0 Å². The average molecular weight is 514 g/mol. The summed E-state index contributed by atoms with van der Waals surface area (Å²) in [7, 11) is 0. The van der Waals surface area contributed by atoms with Gasteiger partial charge < -0.3 is 4.74 Å². The maximum Gasteiger partial charge on any atom is 0.318 e. The minimum absolute atomic E-state index is 0.0388. The lowest BCUT2D eigenvalue weighted by Crippen LogP contribution is -2.41. The van der Waals surface area contributed by atoms with Gasteiger partial charge in [-0.15, -0.1) is 0 Å². The lowest BCUT2D eigenvalue weighted by Gasteiger charge is -2.45. The van der Waals surface area contributed by atoms with Crippen molar-refractivity contribution in [2.75, 3.05) is 0 Å². The van der Waals surface area contributed by atoms with E-state index in [-0.39, 0.29) is 35.6 Å². The summed E-state index contributed by atoms with van der Waals surface area (Å²) < 4.78 is 7.29. The van der Waals surface area contributed by atoms with E-state index in [4.69, 9.17) is 4.74 Å². The van der Waals surface area contributed by atoms with Crippen LogP contribution in [0.4, 0.5) is 0 Å². The number of esters is 2. The normalized spacial score (nSPS) is 29.4. The number of fused-ring (bicyclic) bond motifs is 9. The Balaban J connectivity index is 1.70. The fraction of sp³-hybridized carbons (Fsp3) is 0.333. The Morgan fingerprint density at radius 1 is 0.724 bits per heavy atom. The van der Waals surface area contributed by atoms with Crippen LogP contribution in [-0.4, -0.2) is 11.9 Å². The Bertz CT molecular complexity index is 1050. The summed E-state index contributed by atoms with van der Waals surface area (Å²) in [5, 5.41) is 0. The lowest BCUT2D eigenvalue weighted by molar-refractivity contribution is -0.154. The predicted octanol–water partition coefficient (Wildman–Crippen LogP) is 5.58. The first-order valence-electron chi connectivity index (χ1n) is 10.1. The summed E-state index contributed by atoms with van der Waals surface area (Å²) in [6.07, 6.45) is 3.61. The van der Waals surface area contributed by atoms with Gasteiger partial charge in [-0.1, -0.05) is 44.0 Å². The third-order valence-electron chi connectivity index (χ3n) is 7.20. The molecule has 6 rings (SSSR count). The molecule has 0 spiro atoms. The first kappa shape index (κ1) is 18.1. The molecule has 2 aromatic rings. The first-order chi connectivity index (χ1) is 14.0. The minimum atomic E-state index is -0.341. The van der Waals surface area contributed by atoms with Gasteiger partial charge in [0.25, 0.3) is 0 Å². The number of carbonyl (C=O) groups excluding carboxylic acids is 2. The fourth-order valence-electron chi connectivity index (χ4n) is 6.11. The van der Waals surface area contributed by atoms with Crippen molar-refractivity contribution in [3.8, 4) is 0 Å². The van der Waals surface area contributed by atoms with Crippen molar-refractivity contribution in [3.63, 3.8) is 0 Å². The second kappa shape index (κ2) is 6.39. The number of rotatable bonds is 0. The highest BCUT2D eigenvalue weighted by molar-refractivity contribution is 9.10. The van der Waals surface area contributed by atoms with Crippen LogP contribution in [0.5, 0.6) is 0 Å². The molecule has 3 aliphatic carbocycles. The molecule has 0 N–H and O–H groups in total. The smallest absolute Gasteiger partial charge is 0.318 e. The molecule has 5 heteroatoms. The van der Waals surface area contributed by atoms with Gasteiger partial charge in [-0.3, -0.25) is 9.59 Å². The van der Waals surface area contributed by atoms with Gasteiger partial charge in [0.05, 0.1) is 11.8 Å². The second-order valence-electron chi connectivity index (χ2n) is 8.51. The van der Waals surface area contributed by atoms with Crippen molar-refractivity contribution in [2.24, 2.45) is 23.7 Å². The number of halogens is 2. The van der Waals surface area contributed by atoms with E-state index in [1.54, 1.807) is 0 Å². The molecule has 29 heavy (non-hydrogen) atoms. The number of allylic oxidation sites excluding steroid dienone is 2. The van der Waals surface area contributed by atoms with E-state index in [0.717, 1.165) is 34.6 Å². The van der Waals surface area contributed by atoms with Crippen LogP contribution >= 0.6 is 31.9 Å². The maximum atomic E-state index is 12.7. The summed E-state index contributed by atoms with van der Waals surface area (Å²) in [6.45, 7) is 0. The molecule has 0 saturated carbocycles. The molecule has 0 aromatic heterocycles. The summed E-state index contributed by atoms with van der Waals surface area (Å²) in [4.78, 5) is 25.5. The molecule has 3 nitrogen and oxygen atoms in total. The fourth-order valence-corrected chi connectivity index (χ4v) is 6.83. The number of hydrogen-bond donors (Lipinski definition) is 0. The molecule has 4 atom stereocenters. The predicted molar refractivity (Wildman–Crippen MR) is 117 cm³/mol. The van der Waals surface area contributed by atoms with E-state index in [1.807, 2.05) is 0 Å². The minimum Gasteiger partial charge on any atom is -0.393 e. The molecule has 1 saturated heterocycles. The summed E-state index contributed by atoms with van der Waals surface area (Å²) >= 11 is 7.28. The topological polar surface area (TPSA) is 43.4 Å². The van der Waals surface area contributed by atoms with E-state index < -0.39 is 0 Å². The monoisotopic (exact) mass is 512 g/mol. The summed E-state index contributed by atoms with van der Waals surface area (Å²) in [5.74, 6) is -1.24. The molecule has 1 fully saturated rings. The summed E-state index contributed by atoms with van der Waals surface area (Å²) in [6, 6.07) is 12.9. The quantitative estimate of drug-likeness (QED) is 0.341. The molecule has 1 heterocycles. The summed E-state index contributed by atoms with van der Waals surface area (Å²) in [5.41, 5.74) is 7.64. The molecule has 0 radical (unpaired) electrons. The van der Waals surface area contributed by atoms with Gasteiger partial charge in [0, 0.05) is 8.95 Å². The van der Waals surface area contributed by atoms with Gasteiger partial charge in [-0.2, -0.15) is 0 Å². The largest absolute Gasteiger partial charge is 0.393 e. The van der Waals surface area contributed by atoms with E-state index in [9.17, 15) is 9.59 Å². The Hall–Kier alpha value is -1.72. The molecular formula is C24H18Br2O3. The van der Waals surface area contributed by atoms with Crippen molar-refractivity contribution in [2.45, 2.75) is 25.7 Å². The van der Waals surface area contributed by atoms with Crippen molar-refractivity contribution in [3.05, 3.63) is 67.6 Å². The Morgan fingerprint density at radius 2 is 1.17 bits per heavy atom. The molecule has 1 aliphatic heterocycles. The van der Waals surface area contributed by atoms with Crippen LogP contribution in [0.25, 0.3) is 11.1 Å². The highest BCUT2D eigenvalue weighted by Gasteiger charge is 2.58. The number of cyclic esters (lactones) is 2. The van der Waals surface area contributed by atoms with Crippen LogP contribution in [-0.2, 0) is 27.2 Å². The van der Waals surface area contributed by atoms with Gasteiger partial charge in [0.2, 0.25) is 0 Å². The zero-order valence-corrected chi connectivity index (χ0v) is 18.8. The van der Waals surface area contributed by atoms with Gasteiger partial charge in [-0.05, 0) is 95.2 Å². The number of aryl methyl sites for hydroxylation is 2. The van der Waals surface area contributed by atoms with Crippen LogP contribution in [0.1, 0.15) is 35.1 Å².